The van der Waals surface area contributed by atoms with E-state index in [0.29, 0.717) is 0 Å². The molecule has 1 N–H and O–H groups in total. The molecule has 0 aliphatic carbocycles. The summed E-state index contributed by atoms with van der Waals surface area (Å²) in [5.41, 5.74) is 0.746. The minimum atomic E-state index is -0.224. The Labute approximate surface area is 111 Å². The molecule has 0 aliphatic rings. The van der Waals surface area contributed by atoms with Crippen LogP contribution >= 0.6 is 11.8 Å². The highest BCUT2D eigenvalue weighted by atomic mass is 32.2. The van der Waals surface area contributed by atoms with E-state index in [2.05, 4.69) is 19.2 Å². The lowest BCUT2D eigenvalue weighted by Gasteiger charge is -2.14. The van der Waals surface area contributed by atoms with Gasteiger partial charge in [-0.1, -0.05) is 13.8 Å². The second kappa shape index (κ2) is 6.25. The van der Waals surface area contributed by atoms with Crippen LogP contribution < -0.4 is 5.32 Å². The minimum absolute atomic E-state index is 0.190. The van der Waals surface area contributed by atoms with Crippen LogP contribution in [0.4, 0.5) is 4.39 Å². The Morgan fingerprint density at radius 2 is 2.17 bits per heavy atom. The lowest BCUT2D eigenvalue weighted by molar-refractivity contribution is 0.463. The average Bonchev–Trinajstić information content (AvgIpc) is 2.77. The molecule has 1 aromatic carbocycles. The Morgan fingerprint density at radius 1 is 1.33 bits per heavy atom. The molecule has 2 nitrogen and oxygen atoms in total. The van der Waals surface area contributed by atoms with Crippen LogP contribution in [0.5, 0.6) is 0 Å². The predicted molar refractivity (Wildman–Crippen MR) is 75.6 cm³/mol. The van der Waals surface area contributed by atoms with Crippen molar-refractivity contribution >= 4 is 22.7 Å². The molecule has 4 heteroatoms. The monoisotopic (exact) mass is 267 g/mol. The first-order valence-corrected chi connectivity index (χ1v) is 7.40. The maximum atomic E-state index is 13.1. The molecule has 98 valence electrons. The van der Waals surface area contributed by atoms with E-state index in [-0.39, 0.29) is 11.9 Å². The molecule has 0 aliphatic heterocycles. The Hall–Kier alpha value is -1.00. The van der Waals surface area contributed by atoms with Crippen molar-refractivity contribution in [2.75, 3.05) is 18.1 Å². The number of nitrogens with one attached hydrogen (secondary N) is 1. The predicted octanol–water partition coefficient (Wildman–Crippen LogP) is 3.98. The van der Waals surface area contributed by atoms with E-state index < -0.39 is 0 Å². The zero-order valence-electron chi connectivity index (χ0n) is 10.7. The molecule has 0 saturated carbocycles. The molecule has 1 aromatic heterocycles. The standard InChI is InChI=1S/C14H18FNOS/c1-3-16-12(9-18-4-2)14-8-10-7-11(15)5-6-13(10)17-14/h5-8,12,16H,3-4,9H2,1-2H3. The van der Waals surface area contributed by atoms with E-state index in [0.717, 1.165) is 34.8 Å². The summed E-state index contributed by atoms with van der Waals surface area (Å²) in [6.07, 6.45) is 0. The first-order valence-electron chi connectivity index (χ1n) is 6.24. The van der Waals surface area contributed by atoms with Crippen molar-refractivity contribution < 1.29 is 8.81 Å². The van der Waals surface area contributed by atoms with Gasteiger partial charge in [0.1, 0.15) is 17.2 Å². The second-order valence-electron chi connectivity index (χ2n) is 4.10. The Balaban J connectivity index is 2.26. The molecule has 0 saturated heterocycles. The normalized spacial score (nSPS) is 13.1. The molecular weight excluding hydrogens is 249 g/mol. The minimum Gasteiger partial charge on any atom is -0.459 e. The van der Waals surface area contributed by atoms with Crippen LogP contribution in [0.3, 0.4) is 0 Å². The van der Waals surface area contributed by atoms with Gasteiger partial charge in [0, 0.05) is 11.1 Å². The van der Waals surface area contributed by atoms with Gasteiger partial charge in [0.15, 0.2) is 0 Å². The number of rotatable bonds is 6. The molecule has 0 fully saturated rings. The summed E-state index contributed by atoms with van der Waals surface area (Å²) in [4.78, 5) is 0. The summed E-state index contributed by atoms with van der Waals surface area (Å²) in [5.74, 6) is 2.71. The Morgan fingerprint density at radius 3 is 2.89 bits per heavy atom. The van der Waals surface area contributed by atoms with E-state index >= 15 is 0 Å². The molecule has 2 rings (SSSR count). The van der Waals surface area contributed by atoms with Crippen LogP contribution in [0.15, 0.2) is 28.7 Å². The molecule has 18 heavy (non-hydrogen) atoms. The van der Waals surface area contributed by atoms with Crippen LogP contribution in [-0.2, 0) is 0 Å². The molecule has 0 spiro atoms. The van der Waals surface area contributed by atoms with Crippen LogP contribution in [0, 0.1) is 5.82 Å². The molecule has 2 aromatic rings. The summed E-state index contributed by atoms with van der Waals surface area (Å²) in [5, 5.41) is 4.23. The largest absolute Gasteiger partial charge is 0.459 e. The highest BCUT2D eigenvalue weighted by Gasteiger charge is 2.15. The fourth-order valence-corrected chi connectivity index (χ4v) is 2.68. The van der Waals surface area contributed by atoms with E-state index in [4.69, 9.17) is 4.42 Å². The summed E-state index contributed by atoms with van der Waals surface area (Å²) in [7, 11) is 0. The molecule has 1 atom stereocenters. The quantitative estimate of drug-likeness (QED) is 0.857. The van der Waals surface area contributed by atoms with Gasteiger partial charge < -0.3 is 9.73 Å². The fourth-order valence-electron chi connectivity index (χ4n) is 1.93. The van der Waals surface area contributed by atoms with Crippen LogP contribution in [0.2, 0.25) is 0 Å². The third-order valence-electron chi connectivity index (χ3n) is 2.78. The van der Waals surface area contributed by atoms with E-state index in [9.17, 15) is 4.39 Å². The number of fused-ring (bicyclic) bond motifs is 1. The molecular formula is C14H18FNOS. The highest BCUT2D eigenvalue weighted by molar-refractivity contribution is 7.99. The zero-order valence-corrected chi connectivity index (χ0v) is 11.5. The second-order valence-corrected chi connectivity index (χ2v) is 5.42. The van der Waals surface area contributed by atoms with Gasteiger partial charge in [-0.2, -0.15) is 11.8 Å². The molecule has 1 heterocycles. The van der Waals surface area contributed by atoms with E-state index in [1.54, 1.807) is 6.07 Å². The van der Waals surface area contributed by atoms with Crippen molar-refractivity contribution in [1.82, 2.24) is 5.32 Å². The van der Waals surface area contributed by atoms with Crippen LogP contribution in [-0.4, -0.2) is 18.1 Å². The number of benzene rings is 1. The average molecular weight is 267 g/mol. The van der Waals surface area contributed by atoms with Gasteiger partial charge in [-0.15, -0.1) is 0 Å². The van der Waals surface area contributed by atoms with Gasteiger partial charge in [0.05, 0.1) is 6.04 Å². The highest BCUT2D eigenvalue weighted by Crippen LogP contribution is 2.26. The van der Waals surface area contributed by atoms with Crippen molar-refractivity contribution in [2.45, 2.75) is 19.9 Å². The lowest BCUT2D eigenvalue weighted by atomic mass is 10.2. The smallest absolute Gasteiger partial charge is 0.134 e. The summed E-state index contributed by atoms with van der Waals surface area (Å²) in [6, 6.07) is 6.75. The molecule has 1 unspecified atom stereocenters. The number of furan rings is 1. The van der Waals surface area contributed by atoms with Gasteiger partial charge in [-0.3, -0.25) is 0 Å². The van der Waals surface area contributed by atoms with E-state index in [1.807, 2.05) is 17.8 Å². The maximum Gasteiger partial charge on any atom is 0.134 e. The van der Waals surface area contributed by atoms with Crippen molar-refractivity contribution in [3.8, 4) is 0 Å². The van der Waals surface area contributed by atoms with Gasteiger partial charge in [-0.25, -0.2) is 4.39 Å². The summed E-state index contributed by atoms with van der Waals surface area (Å²) >= 11 is 1.87. The number of hydrogen-bond acceptors (Lipinski definition) is 3. The molecule has 0 amide bonds. The number of hydrogen-bond donors (Lipinski definition) is 1. The first kappa shape index (κ1) is 13.4. The number of thioether (sulfide) groups is 1. The maximum absolute atomic E-state index is 13.1. The fraction of sp³-hybridized carbons (Fsp3) is 0.429. The van der Waals surface area contributed by atoms with Crippen LogP contribution in [0.1, 0.15) is 25.6 Å². The van der Waals surface area contributed by atoms with Crippen molar-refractivity contribution in [2.24, 2.45) is 0 Å². The first-order chi connectivity index (χ1) is 8.74. The topological polar surface area (TPSA) is 25.2 Å². The SMILES string of the molecule is CCNC(CSCC)c1cc2cc(F)ccc2o1. The van der Waals surface area contributed by atoms with Crippen molar-refractivity contribution in [3.63, 3.8) is 0 Å². The lowest BCUT2D eigenvalue weighted by Crippen LogP contribution is -2.22. The van der Waals surface area contributed by atoms with E-state index in [1.165, 1.54) is 12.1 Å². The van der Waals surface area contributed by atoms with Gasteiger partial charge in [0.2, 0.25) is 0 Å². The molecule has 0 bridgehead atoms. The Bertz CT molecular complexity index is 511. The third kappa shape index (κ3) is 3.06. The Kier molecular flexibility index (Phi) is 4.66. The summed E-state index contributed by atoms with van der Waals surface area (Å²) in [6.45, 7) is 5.11. The van der Waals surface area contributed by atoms with Gasteiger partial charge in [0.25, 0.3) is 0 Å². The van der Waals surface area contributed by atoms with Crippen molar-refractivity contribution in [3.05, 3.63) is 35.8 Å². The van der Waals surface area contributed by atoms with Crippen molar-refractivity contribution in [1.29, 1.82) is 0 Å². The van der Waals surface area contributed by atoms with Gasteiger partial charge in [-0.05, 0) is 36.6 Å². The third-order valence-corrected chi connectivity index (χ3v) is 3.76. The zero-order chi connectivity index (χ0) is 13.0. The van der Waals surface area contributed by atoms with Crippen LogP contribution in [0.25, 0.3) is 11.0 Å². The summed E-state index contributed by atoms with van der Waals surface area (Å²) < 4.78 is 18.9. The van der Waals surface area contributed by atoms with Gasteiger partial charge >= 0.3 is 0 Å². The molecule has 0 radical (unpaired) electrons. The number of halogens is 1.